The minimum absolute atomic E-state index is 0.310. The molecule has 0 unspecified atom stereocenters. The Labute approximate surface area is 131 Å². The fourth-order valence-electron chi connectivity index (χ4n) is 1.79. The molecule has 0 saturated heterocycles. The van der Waals surface area contributed by atoms with Crippen LogP contribution in [0.5, 0.6) is 0 Å². The molecule has 0 spiro atoms. The molecule has 1 aromatic carbocycles. The second kappa shape index (κ2) is 6.28. The lowest BCUT2D eigenvalue weighted by Gasteiger charge is -2.03. The van der Waals surface area contributed by atoms with Crippen LogP contribution >= 0.6 is 11.6 Å². The van der Waals surface area contributed by atoms with Crippen LogP contribution in [0.25, 0.3) is 11.3 Å². The molecule has 2 N–H and O–H groups in total. The maximum absolute atomic E-state index is 11.8. The molecule has 0 bridgehead atoms. The van der Waals surface area contributed by atoms with Gasteiger partial charge in [-0.3, -0.25) is 10.6 Å². The molecule has 2 aromatic heterocycles. The van der Waals surface area contributed by atoms with Gasteiger partial charge in [0.2, 0.25) is 0 Å². The van der Waals surface area contributed by atoms with Crippen molar-refractivity contribution in [3.63, 3.8) is 0 Å². The Hall–Kier alpha value is -2.86. The van der Waals surface area contributed by atoms with Crippen molar-refractivity contribution in [3.8, 4) is 11.3 Å². The SMILES string of the molecule is O=C(Nc1ccc(Cl)cn1)Nc1cc(-c2ccccc2)on1. The van der Waals surface area contributed by atoms with Crippen LogP contribution in [0.2, 0.25) is 5.02 Å². The summed E-state index contributed by atoms with van der Waals surface area (Å²) in [5.74, 6) is 1.26. The highest BCUT2D eigenvalue weighted by Gasteiger charge is 2.09. The molecule has 110 valence electrons. The smallest absolute Gasteiger partial charge is 0.326 e. The Morgan fingerprint density at radius 2 is 1.82 bits per heavy atom. The maximum atomic E-state index is 11.8. The van der Waals surface area contributed by atoms with E-state index in [1.165, 1.54) is 6.20 Å². The highest BCUT2D eigenvalue weighted by atomic mass is 35.5. The first-order chi connectivity index (χ1) is 10.7. The molecule has 7 heteroatoms. The van der Waals surface area contributed by atoms with Crippen LogP contribution in [0.3, 0.4) is 0 Å². The summed E-state index contributed by atoms with van der Waals surface area (Å²) >= 11 is 5.73. The standard InChI is InChI=1S/C15H11ClN4O2/c16-11-6-7-13(17-9-11)18-15(21)19-14-8-12(22-20-14)10-4-2-1-3-5-10/h1-9H,(H2,17,18,19,20,21). The van der Waals surface area contributed by atoms with Gasteiger partial charge < -0.3 is 4.52 Å². The number of halogens is 1. The number of benzene rings is 1. The number of pyridine rings is 1. The molecule has 0 radical (unpaired) electrons. The first kappa shape index (κ1) is 14.1. The summed E-state index contributed by atoms with van der Waals surface area (Å²) in [6, 6.07) is 13.9. The van der Waals surface area contributed by atoms with E-state index in [-0.39, 0.29) is 0 Å². The molecule has 2 heterocycles. The van der Waals surface area contributed by atoms with Gasteiger partial charge in [-0.25, -0.2) is 9.78 Å². The number of urea groups is 1. The molecule has 3 rings (SSSR count). The Kier molecular flexibility index (Phi) is 4.02. The van der Waals surface area contributed by atoms with Gasteiger partial charge in [-0.05, 0) is 12.1 Å². The normalized spacial score (nSPS) is 10.2. The number of nitrogens with zero attached hydrogens (tertiary/aromatic N) is 2. The monoisotopic (exact) mass is 314 g/mol. The minimum Gasteiger partial charge on any atom is -0.354 e. The van der Waals surface area contributed by atoms with Gasteiger partial charge in [0.05, 0.1) is 5.02 Å². The predicted octanol–water partition coefficient (Wildman–Crippen LogP) is 4.03. The van der Waals surface area contributed by atoms with Gasteiger partial charge in [0.25, 0.3) is 0 Å². The third-order valence-corrected chi connectivity index (χ3v) is 3.00. The minimum atomic E-state index is -0.470. The summed E-state index contributed by atoms with van der Waals surface area (Å²) < 4.78 is 5.19. The van der Waals surface area contributed by atoms with Crippen molar-refractivity contribution in [2.75, 3.05) is 10.6 Å². The van der Waals surface area contributed by atoms with Gasteiger partial charge in [-0.15, -0.1) is 0 Å². The average Bonchev–Trinajstić information content (AvgIpc) is 2.99. The van der Waals surface area contributed by atoms with Gasteiger partial charge in [-0.1, -0.05) is 47.1 Å². The van der Waals surface area contributed by atoms with Crippen molar-refractivity contribution >= 4 is 29.3 Å². The van der Waals surface area contributed by atoms with Gasteiger partial charge in [0, 0.05) is 17.8 Å². The summed E-state index contributed by atoms with van der Waals surface area (Å²) in [4.78, 5) is 15.8. The van der Waals surface area contributed by atoms with Crippen LogP contribution < -0.4 is 10.6 Å². The van der Waals surface area contributed by atoms with Gasteiger partial charge >= 0.3 is 6.03 Å². The molecule has 0 aliphatic rings. The lowest BCUT2D eigenvalue weighted by molar-refractivity contribution is 0.262. The number of amides is 2. The molecular weight excluding hydrogens is 304 g/mol. The number of aromatic nitrogens is 2. The zero-order chi connectivity index (χ0) is 15.4. The van der Waals surface area contributed by atoms with Crippen molar-refractivity contribution in [2.24, 2.45) is 0 Å². The molecule has 0 atom stereocenters. The maximum Gasteiger partial charge on any atom is 0.326 e. The summed E-state index contributed by atoms with van der Waals surface area (Å²) in [6.07, 6.45) is 1.45. The lowest BCUT2D eigenvalue weighted by Crippen LogP contribution is -2.20. The van der Waals surface area contributed by atoms with E-state index in [2.05, 4.69) is 20.8 Å². The Morgan fingerprint density at radius 1 is 1.05 bits per heavy atom. The van der Waals surface area contributed by atoms with Crippen molar-refractivity contribution in [1.29, 1.82) is 0 Å². The Bertz CT molecular complexity index is 772. The highest BCUT2D eigenvalue weighted by Crippen LogP contribution is 2.22. The van der Waals surface area contributed by atoms with Crippen LogP contribution in [0.15, 0.2) is 59.3 Å². The third-order valence-electron chi connectivity index (χ3n) is 2.78. The number of carbonyl (C=O) groups is 1. The number of nitrogens with one attached hydrogen (secondary N) is 2. The van der Waals surface area contributed by atoms with E-state index in [9.17, 15) is 4.79 Å². The molecule has 3 aromatic rings. The second-order valence-corrected chi connectivity index (χ2v) is 4.82. The van der Waals surface area contributed by atoms with Crippen LogP contribution in [-0.4, -0.2) is 16.2 Å². The van der Waals surface area contributed by atoms with Gasteiger partial charge in [-0.2, -0.15) is 0 Å². The van der Waals surface area contributed by atoms with E-state index in [4.69, 9.17) is 16.1 Å². The Balaban J connectivity index is 1.65. The molecule has 0 aliphatic heterocycles. The molecule has 6 nitrogen and oxygen atoms in total. The molecule has 0 fully saturated rings. The third kappa shape index (κ3) is 3.42. The van der Waals surface area contributed by atoms with Crippen LogP contribution in [-0.2, 0) is 0 Å². The zero-order valence-electron chi connectivity index (χ0n) is 11.3. The number of hydrogen-bond donors (Lipinski definition) is 2. The fraction of sp³-hybridized carbons (Fsp3) is 0. The number of anilines is 2. The highest BCUT2D eigenvalue weighted by molar-refractivity contribution is 6.30. The molecule has 0 aliphatic carbocycles. The number of carbonyl (C=O) groups excluding carboxylic acids is 1. The molecule has 2 amide bonds. The fourth-order valence-corrected chi connectivity index (χ4v) is 1.90. The van der Waals surface area contributed by atoms with E-state index >= 15 is 0 Å². The van der Waals surface area contributed by atoms with Gasteiger partial charge in [0.15, 0.2) is 11.6 Å². The van der Waals surface area contributed by atoms with Crippen molar-refractivity contribution in [3.05, 3.63) is 59.8 Å². The number of rotatable bonds is 3. The van der Waals surface area contributed by atoms with Crippen molar-refractivity contribution < 1.29 is 9.32 Å². The lowest BCUT2D eigenvalue weighted by atomic mass is 10.2. The first-order valence-electron chi connectivity index (χ1n) is 6.42. The first-order valence-corrected chi connectivity index (χ1v) is 6.80. The van der Waals surface area contributed by atoms with E-state index in [1.54, 1.807) is 18.2 Å². The van der Waals surface area contributed by atoms with Crippen LogP contribution in [0.4, 0.5) is 16.4 Å². The van der Waals surface area contributed by atoms with Gasteiger partial charge in [0.1, 0.15) is 5.82 Å². The average molecular weight is 315 g/mol. The van der Waals surface area contributed by atoms with E-state index in [0.29, 0.717) is 22.4 Å². The van der Waals surface area contributed by atoms with E-state index < -0.39 is 6.03 Å². The summed E-state index contributed by atoms with van der Waals surface area (Å²) in [5.41, 5.74) is 0.878. The molecular formula is C15H11ClN4O2. The largest absolute Gasteiger partial charge is 0.354 e. The van der Waals surface area contributed by atoms with Crippen LogP contribution in [0, 0.1) is 0 Å². The summed E-state index contributed by atoms with van der Waals surface area (Å²) in [5, 5.41) is 9.43. The summed E-state index contributed by atoms with van der Waals surface area (Å²) in [6.45, 7) is 0. The zero-order valence-corrected chi connectivity index (χ0v) is 12.0. The van der Waals surface area contributed by atoms with E-state index in [1.807, 2.05) is 30.3 Å². The molecule has 22 heavy (non-hydrogen) atoms. The van der Waals surface area contributed by atoms with Crippen molar-refractivity contribution in [1.82, 2.24) is 10.1 Å². The molecule has 0 saturated carbocycles. The van der Waals surface area contributed by atoms with E-state index in [0.717, 1.165) is 5.56 Å². The van der Waals surface area contributed by atoms with Crippen LogP contribution in [0.1, 0.15) is 0 Å². The summed E-state index contributed by atoms with van der Waals surface area (Å²) in [7, 11) is 0. The number of hydrogen-bond acceptors (Lipinski definition) is 4. The predicted molar refractivity (Wildman–Crippen MR) is 83.8 cm³/mol. The Morgan fingerprint density at radius 3 is 2.55 bits per heavy atom. The second-order valence-electron chi connectivity index (χ2n) is 4.38. The van der Waals surface area contributed by atoms with Crippen molar-refractivity contribution in [2.45, 2.75) is 0 Å². The topological polar surface area (TPSA) is 80.0 Å². The quantitative estimate of drug-likeness (QED) is 0.764.